The first-order chi connectivity index (χ1) is 6.66. The summed E-state index contributed by atoms with van der Waals surface area (Å²) in [6.07, 6.45) is 1.86. The minimum Gasteiger partial charge on any atom is -0.381 e. The van der Waals surface area contributed by atoms with Crippen LogP contribution in [0.1, 0.15) is 19.8 Å². The van der Waals surface area contributed by atoms with Crippen LogP contribution in [0.4, 0.5) is 0 Å². The summed E-state index contributed by atoms with van der Waals surface area (Å²) in [4.78, 5) is 0. The maximum Gasteiger partial charge on any atom is 0.0912 e. The number of hydrogen-bond donors (Lipinski definition) is 1. The van der Waals surface area contributed by atoms with Crippen LogP contribution in [0, 0.1) is 0 Å². The van der Waals surface area contributed by atoms with E-state index < -0.39 is 0 Å². The molecule has 1 aliphatic heterocycles. The summed E-state index contributed by atoms with van der Waals surface area (Å²) in [6.45, 7) is 7.60. The van der Waals surface area contributed by atoms with Crippen molar-refractivity contribution in [3.05, 3.63) is 12.2 Å². The van der Waals surface area contributed by atoms with Gasteiger partial charge >= 0.3 is 0 Å². The fourth-order valence-corrected chi connectivity index (χ4v) is 2.29. The molecule has 1 unspecified atom stereocenters. The van der Waals surface area contributed by atoms with Gasteiger partial charge in [-0.05, 0) is 14.0 Å². The van der Waals surface area contributed by atoms with Gasteiger partial charge < -0.3 is 14.8 Å². The molecule has 0 aromatic heterocycles. The second-order valence-corrected chi connectivity index (χ2v) is 3.95. The van der Waals surface area contributed by atoms with Gasteiger partial charge in [-0.25, -0.2) is 0 Å². The highest BCUT2D eigenvalue weighted by molar-refractivity contribution is 5.12. The molecule has 3 heteroatoms. The molecule has 0 aliphatic carbocycles. The molecule has 0 amide bonds. The van der Waals surface area contributed by atoms with Gasteiger partial charge in [0.25, 0.3) is 0 Å². The lowest BCUT2D eigenvalue weighted by Crippen LogP contribution is -2.54. The van der Waals surface area contributed by atoms with Crippen LogP contribution in [0.3, 0.4) is 0 Å². The molecule has 82 valence electrons. The number of likely N-dealkylation sites (N-methyl/N-ethyl adjacent to an activating group) is 1. The van der Waals surface area contributed by atoms with E-state index in [2.05, 4.69) is 11.9 Å². The third-order valence-corrected chi connectivity index (χ3v) is 3.05. The minimum atomic E-state index is -0.126. The summed E-state index contributed by atoms with van der Waals surface area (Å²) < 4.78 is 11.1. The van der Waals surface area contributed by atoms with Gasteiger partial charge in [0.1, 0.15) is 0 Å². The lowest BCUT2D eigenvalue weighted by Gasteiger charge is -2.42. The van der Waals surface area contributed by atoms with E-state index in [1.165, 1.54) is 0 Å². The van der Waals surface area contributed by atoms with Crippen molar-refractivity contribution in [2.75, 3.05) is 27.4 Å². The predicted molar refractivity (Wildman–Crippen MR) is 57.5 cm³/mol. The Labute approximate surface area is 86.5 Å². The monoisotopic (exact) mass is 199 g/mol. The average Bonchev–Trinajstić information content (AvgIpc) is 2.19. The number of nitrogens with one attached hydrogen (secondary N) is 1. The Morgan fingerprint density at radius 3 is 2.43 bits per heavy atom. The van der Waals surface area contributed by atoms with Gasteiger partial charge in [-0.2, -0.15) is 0 Å². The fourth-order valence-electron chi connectivity index (χ4n) is 2.29. The number of methoxy groups -OCH3 is 1. The van der Waals surface area contributed by atoms with E-state index in [-0.39, 0.29) is 11.6 Å². The molecule has 0 radical (unpaired) electrons. The van der Waals surface area contributed by atoms with Crippen molar-refractivity contribution < 1.29 is 9.47 Å². The molecule has 0 saturated carbocycles. The Bertz CT molecular complexity index is 197. The first-order valence-electron chi connectivity index (χ1n) is 5.12. The molecule has 0 aromatic carbocycles. The summed E-state index contributed by atoms with van der Waals surface area (Å²) in [7, 11) is 3.73. The quantitative estimate of drug-likeness (QED) is 0.693. The molecule has 1 heterocycles. The average molecular weight is 199 g/mol. The van der Waals surface area contributed by atoms with Crippen molar-refractivity contribution in [2.24, 2.45) is 0 Å². The van der Waals surface area contributed by atoms with Gasteiger partial charge in [-0.1, -0.05) is 12.2 Å². The van der Waals surface area contributed by atoms with Crippen molar-refractivity contribution in [3.8, 4) is 0 Å². The summed E-state index contributed by atoms with van der Waals surface area (Å²) in [6, 6.07) is 0.219. The molecule has 1 rings (SSSR count). The Balaban J connectivity index is 2.79. The summed E-state index contributed by atoms with van der Waals surface area (Å²) in [5, 5.41) is 3.28. The molecule has 0 spiro atoms. The lowest BCUT2D eigenvalue weighted by atomic mass is 9.83. The zero-order valence-electron chi connectivity index (χ0n) is 9.43. The molecular weight excluding hydrogens is 178 g/mol. The van der Waals surface area contributed by atoms with Crippen molar-refractivity contribution in [3.63, 3.8) is 0 Å². The normalized spacial score (nSPS) is 23.1. The standard InChI is InChI=1S/C11H21NO2/c1-9(2)10(12-3)11(13-4)5-7-14-8-6-11/h10,12H,1,5-8H2,2-4H3. The van der Waals surface area contributed by atoms with Crippen LogP contribution in [-0.2, 0) is 9.47 Å². The summed E-state index contributed by atoms with van der Waals surface area (Å²) in [5.74, 6) is 0. The van der Waals surface area contributed by atoms with Gasteiger partial charge in [0, 0.05) is 33.2 Å². The van der Waals surface area contributed by atoms with Crippen molar-refractivity contribution in [2.45, 2.75) is 31.4 Å². The molecule has 0 bridgehead atoms. The van der Waals surface area contributed by atoms with Gasteiger partial charge in [0.05, 0.1) is 11.6 Å². The highest BCUT2D eigenvalue weighted by Gasteiger charge is 2.40. The SMILES string of the molecule is C=C(C)C(NC)C1(OC)CCOCC1. The van der Waals surface area contributed by atoms with E-state index in [4.69, 9.17) is 9.47 Å². The topological polar surface area (TPSA) is 30.5 Å². The molecule has 1 N–H and O–H groups in total. The molecule has 1 fully saturated rings. The van der Waals surface area contributed by atoms with E-state index in [0.29, 0.717) is 0 Å². The van der Waals surface area contributed by atoms with E-state index in [1.54, 1.807) is 7.11 Å². The van der Waals surface area contributed by atoms with E-state index >= 15 is 0 Å². The highest BCUT2D eigenvalue weighted by Crippen LogP contribution is 2.30. The first-order valence-corrected chi connectivity index (χ1v) is 5.12. The number of rotatable bonds is 4. The first kappa shape index (κ1) is 11.7. The van der Waals surface area contributed by atoms with Crippen LogP contribution in [-0.4, -0.2) is 39.0 Å². The minimum absolute atomic E-state index is 0.126. The van der Waals surface area contributed by atoms with Crippen LogP contribution in [0.5, 0.6) is 0 Å². The maximum atomic E-state index is 5.69. The molecule has 14 heavy (non-hydrogen) atoms. The Kier molecular flexibility index (Phi) is 4.11. The third kappa shape index (κ3) is 2.16. The Morgan fingerprint density at radius 1 is 1.50 bits per heavy atom. The van der Waals surface area contributed by atoms with Gasteiger partial charge in [0.2, 0.25) is 0 Å². The second kappa shape index (κ2) is 4.91. The fraction of sp³-hybridized carbons (Fsp3) is 0.818. The van der Waals surface area contributed by atoms with E-state index in [1.807, 2.05) is 14.0 Å². The zero-order chi connectivity index (χ0) is 10.6. The molecule has 1 atom stereocenters. The predicted octanol–water partition coefficient (Wildman–Crippen LogP) is 1.35. The van der Waals surface area contributed by atoms with Crippen molar-refractivity contribution >= 4 is 0 Å². The number of hydrogen-bond acceptors (Lipinski definition) is 3. The molecule has 0 aromatic rings. The molecule has 3 nitrogen and oxygen atoms in total. The largest absolute Gasteiger partial charge is 0.381 e. The van der Waals surface area contributed by atoms with Crippen LogP contribution in [0.2, 0.25) is 0 Å². The smallest absolute Gasteiger partial charge is 0.0912 e. The van der Waals surface area contributed by atoms with Crippen molar-refractivity contribution in [1.82, 2.24) is 5.32 Å². The third-order valence-electron chi connectivity index (χ3n) is 3.05. The Morgan fingerprint density at radius 2 is 2.07 bits per heavy atom. The van der Waals surface area contributed by atoms with Crippen LogP contribution in [0.15, 0.2) is 12.2 Å². The van der Waals surface area contributed by atoms with E-state index in [0.717, 1.165) is 31.6 Å². The summed E-state index contributed by atoms with van der Waals surface area (Å²) >= 11 is 0. The Hall–Kier alpha value is -0.380. The second-order valence-electron chi connectivity index (χ2n) is 3.95. The highest BCUT2D eigenvalue weighted by atomic mass is 16.5. The van der Waals surface area contributed by atoms with Gasteiger partial charge in [-0.15, -0.1) is 0 Å². The molecular formula is C11H21NO2. The molecule has 1 aliphatic rings. The number of ether oxygens (including phenoxy) is 2. The zero-order valence-corrected chi connectivity index (χ0v) is 9.43. The van der Waals surface area contributed by atoms with E-state index in [9.17, 15) is 0 Å². The van der Waals surface area contributed by atoms with Crippen LogP contribution in [0.25, 0.3) is 0 Å². The van der Waals surface area contributed by atoms with Crippen molar-refractivity contribution in [1.29, 1.82) is 0 Å². The summed E-state index contributed by atoms with van der Waals surface area (Å²) in [5.41, 5.74) is 0.995. The van der Waals surface area contributed by atoms with Gasteiger partial charge in [-0.3, -0.25) is 0 Å². The maximum absolute atomic E-state index is 5.69. The van der Waals surface area contributed by atoms with Gasteiger partial charge in [0.15, 0.2) is 0 Å². The van der Waals surface area contributed by atoms with Crippen LogP contribution >= 0.6 is 0 Å². The lowest BCUT2D eigenvalue weighted by molar-refractivity contribution is -0.102. The molecule has 1 saturated heterocycles. The van der Waals surface area contributed by atoms with Crippen LogP contribution < -0.4 is 5.32 Å².